The van der Waals surface area contributed by atoms with E-state index in [1.165, 1.54) is 38.1 Å². The van der Waals surface area contributed by atoms with E-state index in [0.717, 1.165) is 0 Å². The lowest BCUT2D eigenvalue weighted by atomic mass is 10.0. The molecule has 276 valence electrons. The molecule has 0 aliphatic carbocycles. The molecule has 5 atom stereocenters. The first-order valence-corrected chi connectivity index (χ1v) is 15.8. The number of amides is 5. The Bertz CT molecular complexity index is 1560. The number of hydrogen-bond acceptors (Lipinski definition) is 10. The number of carboxylic acids is 1. The number of aliphatic imine (C=N–C) groups is 1. The van der Waals surface area contributed by atoms with Crippen LogP contribution >= 0.6 is 0 Å². The van der Waals surface area contributed by atoms with E-state index < -0.39 is 83.5 Å². The molecule has 5 unspecified atom stereocenters. The summed E-state index contributed by atoms with van der Waals surface area (Å²) < 4.78 is 0. The highest BCUT2D eigenvalue weighted by Gasteiger charge is 2.33. The Balaban J connectivity index is 2.27. The summed E-state index contributed by atoms with van der Waals surface area (Å²) in [4.78, 5) is 90.9. The van der Waals surface area contributed by atoms with E-state index in [4.69, 9.17) is 11.5 Å². The Morgan fingerprint density at radius 2 is 1.41 bits per heavy atom. The van der Waals surface area contributed by atoms with Crippen molar-refractivity contribution in [3.8, 4) is 0 Å². The van der Waals surface area contributed by atoms with Crippen LogP contribution in [0.2, 0.25) is 0 Å². The van der Waals surface area contributed by atoms with Crippen molar-refractivity contribution in [2.45, 2.75) is 76.2 Å². The van der Waals surface area contributed by atoms with Crippen molar-refractivity contribution in [2.24, 2.45) is 16.5 Å². The normalized spacial score (nSPS) is 13.5. The van der Waals surface area contributed by atoms with Crippen LogP contribution in [0.4, 0.5) is 11.4 Å². The van der Waals surface area contributed by atoms with Crippen LogP contribution in [0.25, 0.3) is 0 Å². The zero-order valence-corrected chi connectivity index (χ0v) is 28.0. The van der Waals surface area contributed by atoms with Gasteiger partial charge in [0.2, 0.25) is 29.5 Å². The van der Waals surface area contributed by atoms with Gasteiger partial charge in [0.15, 0.2) is 5.96 Å². The maximum absolute atomic E-state index is 13.5. The number of nitro benzene ring substituents is 1. The SMILES string of the molecule is CC(=O)NC(CCCN=C(N)N)C(=O)NC(CCC(=O)O)C(=O)NC(C(=O)NC(Cc1ccccc1)C(=O)Nc1ccc([N+](=O)[O-])cc1)C(C)O. The van der Waals surface area contributed by atoms with E-state index in [-0.39, 0.29) is 43.1 Å². The number of guanidine groups is 1. The number of carboxylic acid groups (broad SMARTS) is 1. The minimum Gasteiger partial charge on any atom is -0.481 e. The van der Waals surface area contributed by atoms with E-state index >= 15 is 0 Å². The summed E-state index contributed by atoms with van der Waals surface area (Å²) >= 11 is 0. The number of aliphatic hydroxyl groups is 1. The van der Waals surface area contributed by atoms with E-state index in [1.54, 1.807) is 30.3 Å². The van der Waals surface area contributed by atoms with Gasteiger partial charge in [-0.2, -0.15) is 0 Å². The van der Waals surface area contributed by atoms with Crippen LogP contribution in [0.15, 0.2) is 59.6 Å². The molecule has 0 bridgehead atoms. The van der Waals surface area contributed by atoms with Gasteiger partial charge in [0, 0.05) is 44.1 Å². The van der Waals surface area contributed by atoms with E-state index in [1.807, 2.05) is 0 Å². The van der Waals surface area contributed by atoms with Crippen LogP contribution in [0.5, 0.6) is 0 Å². The third-order valence-corrected chi connectivity index (χ3v) is 7.24. The molecule has 0 aliphatic rings. The van der Waals surface area contributed by atoms with E-state index in [0.29, 0.717) is 5.56 Å². The lowest BCUT2D eigenvalue weighted by Crippen LogP contribution is -2.60. The summed E-state index contributed by atoms with van der Waals surface area (Å²) in [5.74, 6) is -5.58. The van der Waals surface area contributed by atoms with Gasteiger partial charge in [-0.05, 0) is 43.9 Å². The van der Waals surface area contributed by atoms with Gasteiger partial charge < -0.3 is 48.3 Å². The van der Waals surface area contributed by atoms with Crippen molar-refractivity contribution in [3.05, 3.63) is 70.3 Å². The average molecular weight is 714 g/mol. The molecule has 51 heavy (non-hydrogen) atoms. The molecule has 11 N–H and O–H groups in total. The van der Waals surface area contributed by atoms with Gasteiger partial charge in [0.05, 0.1) is 11.0 Å². The molecule has 2 aromatic rings. The van der Waals surface area contributed by atoms with Crippen LogP contribution < -0.4 is 38.1 Å². The van der Waals surface area contributed by atoms with Crippen molar-refractivity contribution in [1.82, 2.24) is 21.3 Å². The van der Waals surface area contributed by atoms with Gasteiger partial charge in [0.1, 0.15) is 24.2 Å². The van der Waals surface area contributed by atoms with Crippen molar-refractivity contribution in [3.63, 3.8) is 0 Å². The zero-order chi connectivity index (χ0) is 38.1. The Morgan fingerprint density at radius 1 is 0.824 bits per heavy atom. The number of rotatable bonds is 20. The van der Waals surface area contributed by atoms with Crippen LogP contribution in [0, 0.1) is 10.1 Å². The average Bonchev–Trinajstić information content (AvgIpc) is 3.06. The fourth-order valence-corrected chi connectivity index (χ4v) is 4.70. The lowest BCUT2D eigenvalue weighted by Gasteiger charge is -2.27. The van der Waals surface area contributed by atoms with Crippen LogP contribution in [-0.4, -0.2) is 93.4 Å². The first kappa shape index (κ1) is 41.1. The molecular formula is C32H43N9O10. The number of hydrogen-bond donors (Lipinski definition) is 9. The van der Waals surface area contributed by atoms with Crippen molar-refractivity contribution in [2.75, 3.05) is 11.9 Å². The second kappa shape index (κ2) is 20.4. The molecule has 0 heterocycles. The number of nitrogens with one attached hydrogen (secondary N) is 5. The smallest absolute Gasteiger partial charge is 0.303 e. The van der Waals surface area contributed by atoms with Crippen LogP contribution in [0.3, 0.4) is 0 Å². The Kier molecular flexibility index (Phi) is 16.4. The van der Waals surface area contributed by atoms with Gasteiger partial charge in [-0.25, -0.2) is 0 Å². The summed E-state index contributed by atoms with van der Waals surface area (Å²) in [5.41, 5.74) is 11.3. The van der Waals surface area contributed by atoms with Crippen molar-refractivity contribution in [1.29, 1.82) is 0 Å². The first-order chi connectivity index (χ1) is 24.1. The summed E-state index contributed by atoms with van der Waals surface area (Å²) in [5, 5.41) is 43.1. The van der Waals surface area contributed by atoms with Crippen molar-refractivity contribution >= 4 is 52.8 Å². The summed E-state index contributed by atoms with van der Waals surface area (Å²) in [6.45, 7) is 2.51. The second-order valence-corrected chi connectivity index (χ2v) is 11.5. The predicted octanol–water partition coefficient (Wildman–Crippen LogP) is -0.966. The lowest BCUT2D eigenvalue weighted by molar-refractivity contribution is -0.384. The topological polar surface area (TPSA) is 311 Å². The summed E-state index contributed by atoms with van der Waals surface area (Å²) in [6, 6.07) is 7.94. The molecule has 19 heteroatoms. The van der Waals surface area contributed by atoms with Gasteiger partial charge in [-0.3, -0.25) is 43.9 Å². The van der Waals surface area contributed by atoms with E-state index in [2.05, 4.69) is 31.6 Å². The molecule has 5 amide bonds. The summed E-state index contributed by atoms with van der Waals surface area (Å²) in [7, 11) is 0. The molecule has 2 rings (SSSR count). The Hall–Kier alpha value is -6.11. The number of aliphatic hydroxyl groups excluding tert-OH is 1. The molecule has 0 aromatic heterocycles. The maximum Gasteiger partial charge on any atom is 0.303 e. The van der Waals surface area contributed by atoms with Crippen molar-refractivity contribution < 1.29 is 43.9 Å². The zero-order valence-electron chi connectivity index (χ0n) is 28.0. The van der Waals surface area contributed by atoms with Gasteiger partial charge >= 0.3 is 5.97 Å². The number of carbonyl (C=O) groups is 6. The van der Waals surface area contributed by atoms with Crippen LogP contribution in [0.1, 0.15) is 45.1 Å². The number of aliphatic carboxylic acids is 1. The quantitative estimate of drug-likeness (QED) is 0.0263. The number of anilines is 1. The predicted molar refractivity (Wildman–Crippen MR) is 184 cm³/mol. The molecular weight excluding hydrogens is 670 g/mol. The largest absolute Gasteiger partial charge is 0.481 e. The number of non-ortho nitro benzene ring substituents is 1. The Morgan fingerprint density at radius 3 is 1.96 bits per heavy atom. The molecule has 0 saturated heterocycles. The molecule has 19 nitrogen and oxygen atoms in total. The number of nitrogens with two attached hydrogens (primary N) is 2. The fourth-order valence-electron chi connectivity index (χ4n) is 4.70. The van der Waals surface area contributed by atoms with Crippen LogP contribution in [-0.2, 0) is 35.2 Å². The second-order valence-electron chi connectivity index (χ2n) is 11.5. The third-order valence-electron chi connectivity index (χ3n) is 7.24. The monoisotopic (exact) mass is 713 g/mol. The van der Waals surface area contributed by atoms with Gasteiger partial charge in [-0.15, -0.1) is 0 Å². The standard InChI is InChI=1S/C32H43N9O10/c1-18(42)27(40-29(47)24(14-15-26(44)45)38-28(46)23(36-19(2)43)9-6-16-35-32(33)34)31(49)39-25(17-20-7-4-3-5-8-20)30(48)37-21-10-12-22(13-11-21)41(50)51/h3-5,7-8,10-13,18,23-25,27,42H,6,9,14-17H2,1-2H3,(H,36,43)(H,37,48)(H,38,46)(H,39,49)(H,40,47)(H,44,45)(H4,33,34,35). The molecule has 0 aliphatic heterocycles. The number of benzene rings is 2. The van der Waals surface area contributed by atoms with Gasteiger partial charge in [0.25, 0.3) is 5.69 Å². The minimum atomic E-state index is -1.68. The Labute approximate surface area is 292 Å². The molecule has 0 saturated carbocycles. The molecule has 2 aromatic carbocycles. The summed E-state index contributed by atoms with van der Waals surface area (Å²) in [6.07, 6.45) is -2.25. The molecule has 0 radical (unpaired) electrons. The number of carbonyl (C=O) groups excluding carboxylic acids is 5. The highest BCUT2D eigenvalue weighted by molar-refractivity contribution is 5.99. The molecule has 0 spiro atoms. The number of nitro groups is 1. The fraction of sp³-hybridized carbons (Fsp3) is 0.406. The van der Waals surface area contributed by atoms with Gasteiger partial charge in [-0.1, -0.05) is 30.3 Å². The van der Waals surface area contributed by atoms with E-state index in [9.17, 15) is 49.1 Å². The first-order valence-electron chi connectivity index (χ1n) is 15.8. The number of nitrogens with zero attached hydrogens (tertiary/aromatic N) is 2. The highest BCUT2D eigenvalue weighted by Crippen LogP contribution is 2.16. The minimum absolute atomic E-state index is 0.0309. The highest BCUT2D eigenvalue weighted by atomic mass is 16.6. The molecule has 0 fully saturated rings. The third kappa shape index (κ3) is 14.9. The maximum atomic E-state index is 13.5.